The third kappa shape index (κ3) is 6.27. The molecule has 1 unspecified atom stereocenters. The van der Waals surface area contributed by atoms with Crippen molar-refractivity contribution in [2.45, 2.75) is 58.9 Å². The molecule has 0 aromatic rings. The van der Waals surface area contributed by atoms with Gasteiger partial charge in [0.25, 0.3) is 0 Å². The first-order valence-electron chi connectivity index (χ1n) is 6.44. The van der Waals surface area contributed by atoms with Gasteiger partial charge in [-0.3, -0.25) is 4.79 Å². The molecule has 1 aliphatic rings. The highest BCUT2D eigenvalue weighted by Crippen LogP contribution is 2.29. The molecule has 0 radical (unpaired) electrons. The Labute approximate surface area is 112 Å². The van der Waals surface area contributed by atoms with Crippen molar-refractivity contribution in [1.82, 2.24) is 4.90 Å². The van der Waals surface area contributed by atoms with Gasteiger partial charge in [-0.05, 0) is 38.0 Å². The molecule has 0 saturated carbocycles. The maximum absolute atomic E-state index is 11.9. The number of rotatable bonds is 3. The molecule has 1 heterocycles. The van der Waals surface area contributed by atoms with Gasteiger partial charge >= 0.3 is 0 Å². The standard InChI is InChI=1S/C13H26N2O.ClH/c1-11(14)5-6-12(16)15-9-4-7-13(2,3)8-10-15;/h11H,4-10,14H2,1-3H3;1H. The molecule has 1 aliphatic heterocycles. The zero-order chi connectivity index (χ0) is 12.2. The molecule has 1 fully saturated rings. The van der Waals surface area contributed by atoms with Crippen LogP contribution in [0.4, 0.5) is 0 Å². The average molecular weight is 263 g/mol. The van der Waals surface area contributed by atoms with Crippen LogP contribution in [0.15, 0.2) is 0 Å². The zero-order valence-corrected chi connectivity index (χ0v) is 12.2. The number of nitrogens with two attached hydrogens (primary N) is 1. The lowest BCUT2D eigenvalue weighted by Gasteiger charge is -2.23. The van der Waals surface area contributed by atoms with E-state index in [1.165, 1.54) is 6.42 Å². The number of nitrogens with zero attached hydrogens (tertiary/aromatic N) is 1. The summed E-state index contributed by atoms with van der Waals surface area (Å²) in [4.78, 5) is 14.0. The van der Waals surface area contributed by atoms with E-state index in [2.05, 4.69) is 13.8 Å². The smallest absolute Gasteiger partial charge is 0.222 e. The van der Waals surface area contributed by atoms with Crippen molar-refractivity contribution < 1.29 is 4.79 Å². The van der Waals surface area contributed by atoms with Crippen LogP contribution in [0.5, 0.6) is 0 Å². The lowest BCUT2D eigenvalue weighted by molar-refractivity contribution is -0.131. The lowest BCUT2D eigenvalue weighted by Crippen LogP contribution is -2.33. The highest BCUT2D eigenvalue weighted by molar-refractivity contribution is 5.85. The second-order valence-electron chi connectivity index (χ2n) is 5.91. The quantitative estimate of drug-likeness (QED) is 0.850. The number of carbonyl (C=O) groups is 1. The minimum Gasteiger partial charge on any atom is -0.343 e. The van der Waals surface area contributed by atoms with Gasteiger partial charge in [0, 0.05) is 25.6 Å². The summed E-state index contributed by atoms with van der Waals surface area (Å²) in [5.41, 5.74) is 6.07. The summed E-state index contributed by atoms with van der Waals surface area (Å²) in [5.74, 6) is 0.287. The van der Waals surface area contributed by atoms with Crippen LogP contribution in [-0.2, 0) is 4.79 Å². The summed E-state index contributed by atoms with van der Waals surface area (Å²) in [6.07, 6.45) is 4.90. The van der Waals surface area contributed by atoms with Gasteiger partial charge in [-0.15, -0.1) is 12.4 Å². The van der Waals surface area contributed by atoms with Crippen LogP contribution >= 0.6 is 12.4 Å². The Morgan fingerprint density at radius 1 is 1.35 bits per heavy atom. The topological polar surface area (TPSA) is 46.3 Å². The Morgan fingerprint density at radius 3 is 2.59 bits per heavy atom. The molecule has 0 spiro atoms. The van der Waals surface area contributed by atoms with Gasteiger partial charge in [0.2, 0.25) is 5.91 Å². The number of amides is 1. The highest BCUT2D eigenvalue weighted by atomic mass is 35.5. The first-order valence-corrected chi connectivity index (χ1v) is 6.44. The molecule has 3 nitrogen and oxygen atoms in total. The molecular formula is C13H27ClN2O. The van der Waals surface area contributed by atoms with Crippen molar-refractivity contribution in [3.05, 3.63) is 0 Å². The van der Waals surface area contributed by atoms with E-state index in [1.54, 1.807) is 0 Å². The van der Waals surface area contributed by atoms with Gasteiger partial charge in [0.1, 0.15) is 0 Å². The Balaban J connectivity index is 0.00000256. The largest absolute Gasteiger partial charge is 0.343 e. The third-order valence-corrected chi connectivity index (χ3v) is 3.51. The molecule has 4 heteroatoms. The highest BCUT2D eigenvalue weighted by Gasteiger charge is 2.25. The molecule has 0 bridgehead atoms. The fraction of sp³-hybridized carbons (Fsp3) is 0.923. The van der Waals surface area contributed by atoms with Crippen LogP contribution in [0.2, 0.25) is 0 Å². The SMILES string of the molecule is CC(N)CCC(=O)N1CCCC(C)(C)CC1.Cl. The summed E-state index contributed by atoms with van der Waals surface area (Å²) in [6.45, 7) is 8.40. The molecule has 1 amide bonds. The number of likely N-dealkylation sites (tertiary alicyclic amines) is 1. The summed E-state index contributed by atoms with van der Waals surface area (Å²) in [6, 6.07) is 0.132. The van der Waals surface area contributed by atoms with Crippen molar-refractivity contribution >= 4 is 18.3 Å². The molecule has 0 aromatic carbocycles. The van der Waals surface area contributed by atoms with E-state index in [0.29, 0.717) is 11.8 Å². The predicted octanol–water partition coefficient (Wildman–Crippen LogP) is 2.57. The predicted molar refractivity (Wildman–Crippen MR) is 74.3 cm³/mol. The van der Waals surface area contributed by atoms with Crippen molar-refractivity contribution in [1.29, 1.82) is 0 Å². The molecule has 1 saturated heterocycles. The third-order valence-electron chi connectivity index (χ3n) is 3.51. The van der Waals surface area contributed by atoms with E-state index in [0.717, 1.165) is 32.4 Å². The van der Waals surface area contributed by atoms with Gasteiger partial charge in [-0.1, -0.05) is 13.8 Å². The Hall–Kier alpha value is -0.280. The zero-order valence-electron chi connectivity index (χ0n) is 11.4. The molecule has 1 rings (SSSR count). The van der Waals surface area contributed by atoms with Gasteiger partial charge < -0.3 is 10.6 Å². The Bertz CT molecular complexity index is 242. The second-order valence-corrected chi connectivity index (χ2v) is 5.91. The number of hydrogen-bond acceptors (Lipinski definition) is 2. The fourth-order valence-corrected chi connectivity index (χ4v) is 2.18. The molecule has 102 valence electrons. The number of carbonyl (C=O) groups excluding carboxylic acids is 1. The van der Waals surface area contributed by atoms with Gasteiger partial charge in [0.05, 0.1) is 0 Å². The Kier molecular flexibility index (Phi) is 7.10. The summed E-state index contributed by atoms with van der Waals surface area (Å²) < 4.78 is 0. The lowest BCUT2D eigenvalue weighted by atomic mass is 9.85. The van der Waals surface area contributed by atoms with E-state index in [-0.39, 0.29) is 24.4 Å². The number of hydrogen-bond donors (Lipinski definition) is 1. The van der Waals surface area contributed by atoms with Crippen molar-refractivity contribution in [3.8, 4) is 0 Å². The van der Waals surface area contributed by atoms with E-state index >= 15 is 0 Å². The second kappa shape index (κ2) is 7.22. The van der Waals surface area contributed by atoms with E-state index in [1.807, 2.05) is 11.8 Å². The van der Waals surface area contributed by atoms with Gasteiger partial charge in [0.15, 0.2) is 0 Å². The summed E-state index contributed by atoms with van der Waals surface area (Å²) in [5, 5.41) is 0. The van der Waals surface area contributed by atoms with Gasteiger partial charge in [-0.25, -0.2) is 0 Å². The summed E-state index contributed by atoms with van der Waals surface area (Å²) in [7, 11) is 0. The van der Waals surface area contributed by atoms with Crippen molar-refractivity contribution in [3.63, 3.8) is 0 Å². The molecule has 1 atom stereocenters. The summed E-state index contributed by atoms with van der Waals surface area (Å²) >= 11 is 0. The average Bonchev–Trinajstić information content (AvgIpc) is 2.35. The van der Waals surface area contributed by atoms with Crippen LogP contribution in [-0.4, -0.2) is 29.9 Å². The first kappa shape index (κ1) is 16.7. The van der Waals surface area contributed by atoms with Crippen LogP contribution in [0.1, 0.15) is 52.9 Å². The maximum Gasteiger partial charge on any atom is 0.222 e. The van der Waals surface area contributed by atoms with E-state index < -0.39 is 0 Å². The molecule has 0 aliphatic carbocycles. The minimum absolute atomic E-state index is 0. The van der Waals surface area contributed by atoms with E-state index in [9.17, 15) is 4.79 Å². The monoisotopic (exact) mass is 262 g/mol. The molecule has 17 heavy (non-hydrogen) atoms. The van der Waals surface area contributed by atoms with Gasteiger partial charge in [-0.2, -0.15) is 0 Å². The Morgan fingerprint density at radius 2 is 2.00 bits per heavy atom. The fourth-order valence-electron chi connectivity index (χ4n) is 2.18. The van der Waals surface area contributed by atoms with Crippen molar-refractivity contribution in [2.24, 2.45) is 11.1 Å². The number of halogens is 1. The van der Waals surface area contributed by atoms with Crippen LogP contribution in [0.25, 0.3) is 0 Å². The van der Waals surface area contributed by atoms with Crippen molar-refractivity contribution in [2.75, 3.05) is 13.1 Å². The van der Waals surface area contributed by atoms with Crippen LogP contribution in [0.3, 0.4) is 0 Å². The normalized spacial score (nSPS) is 21.3. The van der Waals surface area contributed by atoms with Crippen LogP contribution < -0.4 is 5.73 Å². The van der Waals surface area contributed by atoms with E-state index in [4.69, 9.17) is 5.73 Å². The first-order chi connectivity index (χ1) is 7.41. The maximum atomic E-state index is 11.9. The van der Waals surface area contributed by atoms with Crippen LogP contribution in [0, 0.1) is 5.41 Å². The minimum atomic E-state index is 0. The molecule has 0 aromatic heterocycles. The molecule has 2 N–H and O–H groups in total. The molecular weight excluding hydrogens is 236 g/mol.